The van der Waals surface area contributed by atoms with Crippen LogP contribution in [0.1, 0.15) is 46.0 Å². The monoisotopic (exact) mass is 370 g/mol. The predicted octanol–water partition coefficient (Wildman–Crippen LogP) is 2.89. The van der Waals surface area contributed by atoms with E-state index in [0.29, 0.717) is 25.4 Å². The molecule has 1 saturated heterocycles. The van der Waals surface area contributed by atoms with Gasteiger partial charge in [0.05, 0.1) is 23.0 Å². The Bertz CT molecular complexity index is 840. The van der Waals surface area contributed by atoms with Gasteiger partial charge in [-0.2, -0.15) is 0 Å². The zero-order valence-electron chi connectivity index (χ0n) is 16.9. The number of carbonyl (C=O) groups is 2. The molecule has 1 fully saturated rings. The van der Waals surface area contributed by atoms with Gasteiger partial charge in [0.2, 0.25) is 11.8 Å². The maximum absolute atomic E-state index is 12.9. The van der Waals surface area contributed by atoms with E-state index in [-0.39, 0.29) is 29.7 Å². The quantitative estimate of drug-likeness (QED) is 0.850. The van der Waals surface area contributed by atoms with Gasteiger partial charge in [0.1, 0.15) is 5.82 Å². The number of likely N-dealkylation sites (tertiary alicyclic amines) is 1. The van der Waals surface area contributed by atoms with Crippen molar-refractivity contribution in [3.8, 4) is 0 Å². The van der Waals surface area contributed by atoms with Gasteiger partial charge in [-0.3, -0.25) is 9.59 Å². The summed E-state index contributed by atoms with van der Waals surface area (Å²) in [6, 6.07) is 7.78. The predicted molar refractivity (Wildman–Crippen MR) is 106 cm³/mol. The number of para-hydroxylation sites is 2. The smallest absolute Gasteiger partial charge is 0.226 e. The molecule has 1 aliphatic rings. The number of hydrogen-bond acceptors (Lipinski definition) is 3. The van der Waals surface area contributed by atoms with Crippen LogP contribution in [0.25, 0.3) is 11.0 Å². The number of rotatable bonds is 6. The van der Waals surface area contributed by atoms with E-state index in [1.807, 2.05) is 40.8 Å². The minimum Gasteiger partial charge on any atom is -0.346 e. The Morgan fingerprint density at radius 3 is 2.59 bits per heavy atom. The molecule has 0 bridgehead atoms. The lowest BCUT2D eigenvalue weighted by Crippen LogP contribution is -2.38. The van der Waals surface area contributed by atoms with Gasteiger partial charge in [0.25, 0.3) is 0 Å². The first kappa shape index (κ1) is 19.4. The molecule has 0 spiro atoms. The van der Waals surface area contributed by atoms with Crippen LogP contribution in [0.5, 0.6) is 0 Å². The average Bonchev–Trinajstić information content (AvgIpc) is 3.13. The summed E-state index contributed by atoms with van der Waals surface area (Å²) >= 11 is 0. The molecule has 1 aromatic heterocycles. The van der Waals surface area contributed by atoms with Crippen molar-refractivity contribution in [2.45, 2.75) is 40.2 Å². The first-order valence-corrected chi connectivity index (χ1v) is 9.77. The zero-order chi connectivity index (χ0) is 19.7. The fourth-order valence-corrected chi connectivity index (χ4v) is 3.81. The molecule has 0 unspecified atom stereocenters. The van der Waals surface area contributed by atoms with Crippen LogP contribution in [0.4, 0.5) is 0 Å². The van der Waals surface area contributed by atoms with E-state index in [4.69, 9.17) is 4.98 Å². The highest BCUT2D eigenvalue weighted by atomic mass is 16.2. The topological polar surface area (TPSA) is 67.2 Å². The lowest BCUT2D eigenvalue weighted by atomic mass is 10.0. The number of imidazole rings is 1. The van der Waals surface area contributed by atoms with Gasteiger partial charge in [0, 0.05) is 26.6 Å². The normalized spacial score (nSPS) is 18.7. The highest BCUT2D eigenvalue weighted by Gasteiger charge is 2.36. The Morgan fingerprint density at radius 2 is 1.96 bits per heavy atom. The van der Waals surface area contributed by atoms with Gasteiger partial charge in [0.15, 0.2) is 0 Å². The zero-order valence-corrected chi connectivity index (χ0v) is 16.9. The molecule has 2 aromatic rings. The van der Waals surface area contributed by atoms with Crippen LogP contribution in [0, 0.1) is 17.8 Å². The van der Waals surface area contributed by atoms with Crippen LogP contribution in [0.15, 0.2) is 24.3 Å². The van der Waals surface area contributed by atoms with Crippen LogP contribution in [-0.2, 0) is 16.6 Å². The number of nitrogens with zero attached hydrogens (tertiary/aromatic N) is 3. The Labute approximate surface area is 160 Å². The Morgan fingerprint density at radius 1 is 1.26 bits per heavy atom. The molecule has 0 radical (unpaired) electrons. The summed E-state index contributed by atoms with van der Waals surface area (Å²) in [7, 11) is 1.98. The molecular formula is C21H30N4O2. The SMILES string of the molecule is CC(C)CN1C[C@@H](C(=O)N[C@@H](c2nc3ccccc3n2C)C(C)C)CC1=O. The highest BCUT2D eigenvalue weighted by molar-refractivity contribution is 5.89. The van der Waals surface area contributed by atoms with E-state index >= 15 is 0 Å². The van der Waals surface area contributed by atoms with Gasteiger partial charge in [-0.05, 0) is 24.0 Å². The minimum atomic E-state index is -0.285. The summed E-state index contributed by atoms with van der Waals surface area (Å²) < 4.78 is 2.05. The molecule has 1 aliphatic heterocycles. The van der Waals surface area contributed by atoms with Crippen LogP contribution in [0.2, 0.25) is 0 Å². The molecule has 2 atom stereocenters. The molecule has 2 amide bonds. The number of fused-ring (bicyclic) bond motifs is 1. The molecule has 6 nitrogen and oxygen atoms in total. The third-order valence-corrected chi connectivity index (χ3v) is 5.24. The lowest BCUT2D eigenvalue weighted by Gasteiger charge is -2.24. The molecular weight excluding hydrogens is 340 g/mol. The van der Waals surface area contributed by atoms with Crippen molar-refractivity contribution in [3.63, 3.8) is 0 Å². The van der Waals surface area contributed by atoms with Crippen molar-refractivity contribution in [2.75, 3.05) is 13.1 Å². The molecule has 0 saturated carbocycles. The van der Waals surface area contributed by atoms with Gasteiger partial charge >= 0.3 is 0 Å². The maximum atomic E-state index is 12.9. The molecule has 1 aromatic carbocycles. The van der Waals surface area contributed by atoms with Crippen LogP contribution in [0.3, 0.4) is 0 Å². The fourth-order valence-electron chi connectivity index (χ4n) is 3.81. The second-order valence-corrected chi connectivity index (χ2v) is 8.34. The van der Waals surface area contributed by atoms with E-state index in [1.54, 1.807) is 0 Å². The van der Waals surface area contributed by atoms with Crippen molar-refractivity contribution in [1.82, 2.24) is 19.8 Å². The lowest BCUT2D eigenvalue weighted by molar-refractivity contribution is -0.129. The highest BCUT2D eigenvalue weighted by Crippen LogP contribution is 2.26. The molecule has 1 N–H and O–H groups in total. The Balaban J connectivity index is 1.77. The van der Waals surface area contributed by atoms with Gasteiger partial charge in [-0.25, -0.2) is 4.98 Å². The summed E-state index contributed by atoms with van der Waals surface area (Å²) in [6.07, 6.45) is 0.298. The van der Waals surface area contributed by atoms with E-state index in [2.05, 4.69) is 33.0 Å². The summed E-state index contributed by atoms with van der Waals surface area (Å²) in [6.45, 7) is 9.55. The Kier molecular flexibility index (Phi) is 5.53. The van der Waals surface area contributed by atoms with Gasteiger partial charge in [-0.15, -0.1) is 0 Å². The van der Waals surface area contributed by atoms with Crippen molar-refractivity contribution in [1.29, 1.82) is 0 Å². The third-order valence-electron chi connectivity index (χ3n) is 5.24. The minimum absolute atomic E-state index is 0.0552. The van der Waals surface area contributed by atoms with Gasteiger partial charge < -0.3 is 14.8 Å². The van der Waals surface area contributed by atoms with Crippen molar-refractivity contribution < 1.29 is 9.59 Å². The van der Waals surface area contributed by atoms with Crippen molar-refractivity contribution in [2.24, 2.45) is 24.8 Å². The third kappa shape index (κ3) is 3.99. The molecule has 0 aliphatic carbocycles. The number of amides is 2. The molecule has 2 heterocycles. The van der Waals surface area contributed by atoms with Crippen LogP contribution >= 0.6 is 0 Å². The summed E-state index contributed by atoms with van der Waals surface area (Å²) in [4.78, 5) is 31.7. The molecule has 27 heavy (non-hydrogen) atoms. The molecule has 3 rings (SSSR count). The van der Waals surface area contributed by atoms with E-state index < -0.39 is 0 Å². The first-order chi connectivity index (χ1) is 12.8. The number of carbonyl (C=O) groups excluding carboxylic acids is 2. The summed E-state index contributed by atoms with van der Waals surface area (Å²) in [5, 5.41) is 3.17. The van der Waals surface area contributed by atoms with Crippen molar-refractivity contribution in [3.05, 3.63) is 30.1 Å². The standard InChI is InChI=1S/C21H30N4O2/c1-13(2)11-25-12-15(10-18(25)26)21(27)23-19(14(3)4)20-22-16-8-6-7-9-17(16)24(20)5/h6-9,13-15,19H,10-12H2,1-5H3,(H,23,27)/t15-,19+/m0/s1. The second kappa shape index (κ2) is 7.71. The fraction of sp³-hybridized carbons (Fsp3) is 0.571. The summed E-state index contributed by atoms with van der Waals surface area (Å²) in [5.41, 5.74) is 1.97. The van der Waals surface area contributed by atoms with E-state index in [9.17, 15) is 9.59 Å². The number of aryl methyl sites for hydroxylation is 1. The summed E-state index contributed by atoms with van der Waals surface area (Å²) in [5.74, 6) is 1.18. The van der Waals surface area contributed by atoms with Crippen molar-refractivity contribution >= 4 is 22.8 Å². The Hall–Kier alpha value is -2.37. The molecule has 146 valence electrons. The average molecular weight is 370 g/mol. The van der Waals surface area contributed by atoms with E-state index in [1.165, 1.54) is 0 Å². The first-order valence-electron chi connectivity index (χ1n) is 9.77. The number of aromatic nitrogens is 2. The number of benzene rings is 1. The van der Waals surface area contributed by atoms with Gasteiger partial charge in [-0.1, -0.05) is 39.8 Å². The van der Waals surface area contributed by atoms with Crippen LogP contribution in [-0.4, -0.2) is 39.4 Å². The number of hydrogen-bond donors (Lipinski definition) is 1. The number of nitrogens with one attached hydrogen (secondary N) is 1. The molecule has 6 heteroatoms. The van der Waals surface area contributed by atoms with E-state index in [0.717, 1.165) is 16.9 Å². The maximum Gasteiger partial charge on any atom is 0.226 e. The second-order valence-electron chi connectivity index (χ2n) is 8.34. The largest absolute Gasteiger partial charge is 0.346 e. The van der Waals surface area contributed by atoms with Crippen LogP contribution < -0.4 is 5.32 Å².